The molecule has 0 bridgehead atoms. The Bertz CT molecular complexity index is 1180. The van der Waals surface area contributed by atoms with E-state index < -0.39 is 0 Å². The number of carbonyl (C=O) groups is 1. The fourth-order valence-corrected chi connectivity index (χ4v) is 3.40. The van der Waals surface area contributed by atoms with Crippen LogP contribution in [0.25, 0.3) is 10.9 Å². The standard InChI is InChI=1S/C24H22N2O3/c1-2-17-10-11-21-19(13-17)14-20(23(27)25-21)16-26(15-18-7-4-3-5-8-18)24(28)22-9-6-12-29-22/h3-14H,2,15-16H2,1H3,(H,25,27). The molecule has 2 aromatic carbocycles. The third-order valence-corrected chi connectivity index (χ3v) is 4.99. The molecule has 2 aromatic heterocycles. The van der Waals surface area contributed by atoms with Gasteiger partial charge in [0.25, 0.3) is 11.5 Å². The molecular formula is C24H22N2O3. The molecule has 0 fully saturated rings. The number of amides is 1. The lowest BCUT2D eigenvalue weighted by molar-refractivity contribution is 0.0697. The molecule has 0 saturated carbocycles. The van der Waals surface area contributed by atoms with E-state index in [1.165, 1.54) is 11.8 Å². The Morgan fingerprint density at radius 3 is 2.52 bits per heavy atom. The van der Waals surface area contributed by atoms with E-state index in [0.29, 0.717) is 12.1 Å². The van der Waals surface area contributed by atoms with Gasteiger partial charge >= 0.3 is 0 Å². The minimum absolute atomic E-state index is 0.188. The van der Waals surface area contributed by atoms with Gasteiger partial charge in [0.1, 0.15) is 0 Å². The van der Waals surface area contributed by atoms with Crippen LogP contribution in [0.15, 0.2) is 82.2 Å². The number of aryl methyl sites for hydroxylation is 1. The minimum atomic E-state index is -0.249. The van der Waals surface area contributed by atoms with E-state index in [1.54, 1.807) is 17.0 Å². The van der Waals surface area contributed by atoms with Crippen molar-refractivity contribution in [1.29, 1.82) is 0 Å². The van der Waals surface area contributed by atoms with E-state index in [0.717, 1.165) is 22.9 Å². The predicted molar refractivity (Wildman–Crippen MR) is 113 cm³/mol. The van der Waals surface area contributed by atoms with Gasteiger partial charge in [-0.25, -0.2) is 0 Å². The molecule has 0 radical (unpaired) electrons. The number of furan rings is 1. The van der Waals surface area contributed by atoms with Crippen LogP contribution in [0, 0.1) is 0 Å². The van der Waals surface area contributed by atoms with Crippen LogP contribution in [0.1, 0.15) is 34.2 Å². The lowest BCUT2D eigenvalue weighted by atomic mass is 10.1. The first-order chi connectivity index (χ1) is 14.1. The van der Waals surface area contributed by atoms with Crippen molar-refractivity contribution in [3.63, 3.8) is 0 Å². The molecular weight excluding hydrogens is 364 g/mol. The molecule has 2 heterocycles. The fourth-order valence-electron chi connectivity index (χ4n) is 3.40. The van der Waals surface area contributed by atoms with Gasteiger partial charge < -0.3 is 14.3 Å². The third kappa shape index (κ3) is 4.14. The minimum Gasteiger partial charge on any atom is -0.459 e. The summed E-state index contributed by atoms with van der Waals surface area (Å²) >= 11 is 0. The molecule has 0 aliphatic rings. The molecule has 0 unspecified atom stereocenters. The Balaban J connectivity index is 1.70. The van der Waals surface area contributed by atoms with Crippen molar-refractivity contribution < 1.29 is 9.21 Å². The molecule has 0 aliphatic heterocycles. The summed E-state index contributed by atoms with van der Waals surface area (Å²) in [4.78, 5) is 30.2. The molecule has 1 N–H and O–H groups in total. The predicted octanol–water partition coefficient (Wildman–Crippen LogP) is 4.53. The van der Waals surface area contributed by atoms with Crippen molar-refractivity contribution >= 4 is 16.8 Å². The molecule has 0 aliphatic carbocycles. The van der Waals surface area contributed by atoms with Gasteiger partial charge in [-0.05, 0) is 53.3 Å². The summed E-state index contributed by atoms with van der Waals surface area (Å²) in [5.74, 6) is 0.00655. The van der Waals surface area contributed by atoms with Crippen LogP contribution in [0.3, 0.4) is 0 Å². The highest BCUT2D eigenvalue weighted by molar-refractivity contribution is 5.91. The summed E-state index contributed by atoms with van der Waals surface area (Å²) in [5.41, 5.74) is 3.33. The molecule has 4 aromatic rings. The lowest BCUT2D eigenvalue weighted by Gasteiger charge is -2.22. The van der Waals surface area contributed by atoms with E-state index in [1.807, 2.05) is 48.5 Å². The van der Waals surface area contributed by atoms with Crippen molar-refractivity contribution in [2.45, 2.75) is 26.4 Å². The Morgan fingerprint density at radius 2 is 1.79 bits per heavy atom. The van der Waals surface area contributed by atoms with E-state index in [2.05, 4.69) is 18.0 Å². The molecule has 5 nitrogen and oxygen atoms in total. The van der Waals surface area contributed by atoms with Crippen LogP contribution in [0.5, 0.6) is 0 Å². The highest BCUT2D eigenvalue weighted by atomic mass is 16.3. The molecule has 0 spiro atoms. The first kappa shape index (κ1) is 18.7. The number of rotatable bonds is 6. The van der Waals surface area contributed by atoms with Crippen molar-refractivity contribution in [3.8, 4) is 0 Å². The zero-order valence-corrected chi connectivity index (χ0v) is 16.2. The van der Waals surface area contributed by atoms with E-state index in [9.17, 15) is 9.59 Å². The summed E-state index contributed by atoms with van der Waals surface area (Å²) in [7, 11) is 0. The monoisotopic (exact) mass is 386 g/mol. The molecule has 0 saturated heterocycles. The van der Waals surface area contributed by atoms with Crippen LogP contribution < -0.4 is 5.56 Å². The summed E-state index contributed by atoms with van der Waals surface area (Å²) in [5, 5.41) is 0.962. The van der Waals surface area contributed by atoms with Gasteiger partial charge in [-0.3, -0.25) is 9.59 Å². The summed E-state index contributed by atoms with van der Waals surface area (Å²) in [6.45, 7) is 2.67. The molecule has 5 heteroatoms. The number of hydrogen-bond donors (Lipinski definition) is 1. The van der Waals surface area contributed by atoms with Gasteiger partial charge in [0, 0.05) is 17.6 Å². The van der Waals surface area contributed by atoms with Crippen LogP contribution in [0.2, 0.25) is 0 Å². The zero-order valence-electron chi connectivity index (χ0n) is 16.2. The van der Waals surface area contributed by atoms with Crippen LogP contribution in [0.4, 0.5) is 0 Å². The van der Waals surface area contributed by atoms with Gasteiger partial charge in [-0.2, -0.15) is 0 Å². The lowest BCUT2D eigenvalue weighted by Crippen LogP contribution is -2.32. The Kier molecular flexibility index (Phi) is 5.29. The maximum Gasteiger partial charge on any atom is 0.290 e. The van der Waals surface area contributed by atoms with E-state index >= 15 is 0 Å². The number of pyridine rings is 1. The summed E-state index contributed by atoms with van der Waals surface area (Å²) in [6, 6.07) is 20.9. The second kappa shape index (κ2) is 8.19. The van der Waals surface area contributed by atoms with Crippen molar-refractivity contribution in [2.24, 2.45) is 0 Å². The summed E-state index contributed by atoms with van der Waals surface area (Å²) < 4.78 is 5.31. The number of carbonyl (C=O) groups excluding carboxylic acids is 1. The third-order valence-electron chi connectivity index (χ3n) is 4.99. The number of benzene rings is 2. The Hall–Kier alpha value is -3.60. The van der Waals surface area contributed by atoms with E-state index in [4.69, 9.17) is 4.42 Å². The Morgan fingerprint density at radius 1 is 0.966 bits per heavy atom. The normalized spacial score (nSPS) is 10.9. The number of fused-ring (bicyclic) bond motifs is 1. The first-order valence-electron chi connectivity index (χ1n) is 9.65. The topological polar surface area (TPSA) is 66.3 Å². The van der Waals surface area contributed by atoms with Crippen molar-refractivity contribution in [1.82, 2.24) is 9.88 Å². The van der Waals surface area contributed by atoms with Gasteiger partial charge in [-0.15, -0.1) is 0 Å². The number of nitrogens with zero attached hydrogens (tertiary/aromatic N) is 1. The average molecular weight is 386 g/mol. The maximum atomic E-state index is 13.0. The molecule has 0 atom stereocenters. The number of aromatic nitrogens is 1. The van der Waals surface area contributed by atoms with Crippen LogP contribution in [-0.4, -0.2) is 15.8 Å². The zero-order chi connectivity index (χ0) is 20.2. The Labute approximate surface area is 168 Å². The first-order valence-corrected chi connectivity index (χ1v) is 9.65. The maximum absolute atomic E-state index is 13.0. The number of aromatic amines is 1. The quantitative estimate of drug-likeness (QED) is 0.530. The van der Waals surface area contributed by atoms with Crippen molar-refractivity contribution in [3.05, 3.63) is 106 Å². The average Bonchev–Trinajstić information content (AvgIpc) is 3.28. The van der Waals surface area contributed by atoms with Crippen LogP contribution in [-0.2, 0) is 19.5 Å². The molecule has 29 heavy (non-hydrogen) atoms. The number of H-pyrrole nitrogens is 1. The highest BCUT2D eigenvalue weighted by Crippen LogP contribution is 2.17. The van der Waals surface area contributed by atoms with Gasteiger partial charge in [0.2, 0.25) is 0 Å². The number of hydrogen-bond acceptors (Lipinski definition) is 3. The molecule has 1 amide bonds. The summed E-state index contributed by atoms with van der Waals surface area (Å²) in [6.07, 6.45) is 2.39. The van der Waals surface area contributed by atoms with Gasteiger partial charge in [-0.1, -0.05) is 43.3 Å². The largest absolute Gasteiger partial charge is 0.459 e. The van der Waals surface area contributed by atoms with E-state index in [-0.39, 0.29) is 23.8 Å². The fraction of sp³-hybridized carbons (Fsp3) is 0.167. The smallest absolute Gasteiger partial charge is 0.290 e. The highest BCUT2D eigenvalue weighted by Gasteiger charge is 2.20. The second-order valence-corrected chi connectivity index (χ2v) is 7.02. The van der Waals surface area contributed by atoms with Crippen LogP contribution >= 0.6 is 0 Å². The number of nitrogens with one attached hydrogen (secondary N) is 1. The molecule has 4 rings (SSSR count). The van der Waals surface area contributed by atoms with Gasteiger partial charge in [0.15, 0.2) is 5.76 Å². The van der Waals surface area contributed by atoms with Crippen molar-refractivity contribution in [2.75, 3.05) is 0 Å². The molecule has 146 valence electrons. The second-order valence-electron chi connectivity index (χ2n) is 7.02. The SMILES string of the molecule is CCc1ccc2[nH]c(=O)c(CN(Cc3ccccc3)C(=O)c3ccco3)cc2c1. The van der Waals surface area contributed by atoms with Gasteiger partial charge in [0.05, 0.1) is 12.8 Å².